The van der Waals surface area contributed by atoms with Crippen molar-refractivity contribution < 1.29 is 17.6 Å². The number of carbonyl (C=O) groups excluding carboxylic acids is 1. The molecule has 3 aromatic rings. The molecule has 0 unspecified atom stereocenters. The monoisotopic (exact) mass is 440 g/mol. The van der Waals surface area contributed by atoms with E-state index in [1.54, 1.807) is 44.2 Å². The Kier molecular flexibility index (Phi) is 6.87. The van der Waals surface area contributed by atoms with Crippen LogP contribution >= 0.6 is 0 Å². The van der Waals surface area contributed by atoms with Crippen LogP contribution in [0.4, 0.5) is 10.1 Å². The molecule has 3 rings (SSSR count). The van der Waals surface area contributed by atoms with Crippen LogP contribution in [-0.2, 0) is 21.2 Å². The Bertz CT molecular complexity index is 1170. The summed E-state index contributed by atoms with van der Waals surface area (Å²) in [6, 6.07) is 17.3. The third-order valence-corrected chi connectivity index (χ3v) is 6.68. The minimum atomic E-state index is -4.01. The molecule has 2 N–H and O–H groups in total. The summed E-state index contributed by atoms with van der Waals surface area (Å²) in [5, 5.41) is 2.50. The lowest BCUT2D eigenvalue weighted by Crippen LogP contribution is -2.45. The molecule has 7 heteroatoms. The van der Waals surface area contributed by atoms with E-state index in [1.807, 2.05) is 25.1 Å². The van der Waals surface area contributed by atoms with Gasteiger partial charge in [0.1, 0.15) is 11.9 Å². The largest absolute Gasteiger partial charge is 0.322 e. The van der Waals surface area contributed by atoms with Crippen LogP contribution in [0.15, 0.2) is 71.6 Å². The van der Waals surface area contributed by atoms with Gasteiger partial charge >= 0.3 is 0 Å². The van der Waals surface area contributed by atoms with E-state index in [4.69, 9.17) is 0 Å². The molecule has 0 bridgehead atoms. The van der Waals surface area contributed by atoms with Crippen LogP contribution in [-0.4, -0.2) is 20.4 Å². The molecule has 0 aliphatic rings. The molecule has 1 amide bonds. The van der Waals surface area contributed by atoms with Gasteiger partial charge in [-0.05, 0) is 56.0 Å². The van der Waals surface area contributed by atoms with Gasteiger partial charge < -0.3 is 5.32 Å². The Morgan fingerprint density at radius 2 is 1.52 bits per heavy atom. The second-order valence-electron chi connectivity index (χ2n) is 7.56. The van der Waals surface area contributed by atoms with Crippen molar-refractivity contribution in [2.75, 3.05) is 5.32 Å². The van der Waals surface area contributed by atoms with E-state index in [9.17, 15) is 17.6 Å². The van der Waals surface area contributed by atoms with Gasteiger partial charge in [0.25, 0.3) is 0 Å². The van der Waals surface area contributed by atoms with Crippen molar-refractivity contribution in [2.45, 2.75) is 38.1 Å². The van der Waals surface area contributed by atoms with Crippen molar-refractivity contribution >= 4 is 21.6 Å². The van der Waals surface area contributed by atoms with Crippen LogP contribution in [0.3, 0.4) is 0 Å². The SMILES string of the molecule is Cc1cc(C)c(S(=O)(=O)N[C@@H](Cc2ccccc2)C(=O)Nc2ccccc2F)c(C)c1. The minimum Gasteiger partial charge on any atom is -0.322 e. The zero-order chi connectivity index (χ0) is 22.6. The minimum absolute atomic E-state index is 0.00698. The number of nitrogens with one attached hydrogen (secondary N) is 2. The van der Waals surface area contributed by atoms with Gasteiger partial charge in [0.05, 0.1) is 10.6 Å². The Labute approximate surface area is 182 Å². The highest BCUT2D eigenvalue weighted by Gasteiger charge is 2.28. The third kappa shape index (κ3) is 5.57. The van der Waals surface area contributed by atoms with Crippen LogP contribution < -0.4 is 10.0 Å². The predicted molar refractivity (Wildman–Crippen MR) is 120 cm³/mol. The first kappa shape index (κ1) is 22.7. The summed E-state index contributed by atoms with van der Waals surface area (Å²) >= 11 is 0. The Morgan fingerprint density at radius 3 is 2.13 bits per heavy atom. The van der Waals surface area contributed by atoms with Gasteiger partial charge in [-0.15, -0.1) is 0 Å². The van der Waals surface area contributed by atoms with E-state index >= 15 is 0 Å². The van der Waals surface area contributed by atoms with Crippen LogP contribution in [0.25, 0.3) is 0 Å². The van der Waals surface area contributed by atoms with Crippen molar-refractivity contribution in [3.63, 3.8) is 0 Å². The van der Waals surface area contributed by atoms with Gasteiger partial charge in [-0.2, -0.15) is 4.72 Å². The molecular formula is C24H25FN2O3S. The van der Waals surface area contributed by atoms with E-state index in [-0.39, 0.29) is 17.0 Å². The molecule has 0 heterocycles. The molecule has 0 aliphatic heterocycles. The van der Waals surface area contributed by atoms with E-state index < -0.39 is 27.8 Å². The maximum absolute atomic E-state index is 14.0. The molecule has 0 aliphatic carbocycles. The number of hydrogen-bond acceptors (Lipinski definition) is 3. The first-order valence-electron chi connectivity index (χ1n) is 9.87. The van der Waals surface area contributed by atoms with Crippen LogP contribution in [0, 0.1) is 26.6 Å². The summed E-state index contributed by atoms with van der Waals surface area (Å²) in [5.41, 5.74) is 2.91. The molecule has 5 nitrogen and oxygen atoms in total. The zero-order valence-corrected chi connectivity index (χ0v) is 18.5. The number of benzene rings is 3. The molecule has 0 saturated carbocycles. The van der Waals surface area contributed by atoms with E-state index in [0.29, 0.717) is 11.1 Å². The second-order valence-corrected chi connectivity index (χ2v) is 9.21. The lowest BCUT2D eigenvalue weighted by Gasteiger charge is -2.21. The van der Waals surface area contributed by atoms with Gasteiger partial charge in [-0.3, -0.25) is 4.79 Å². The van der Waals surface area contributed by atoms with Gasteiger partial charge in [0.2, 0.25) is 15.9 Å². The molecule has 0 saturated heterocycles. The molecule has 0 aromatic heterocycles. The molecule has 162 valence electrons. The summed E-state index contributed by atoms with van der Waals surface area (Å²) < 4.78 is 43.1. The molecule has 0 radical (unpaired) electrons. The van der Waals surface area contributed by atoms with Crippen molar-refractivity contribution in [1.82, 2.24) is 4.72 Å². The molecule has 0 fully saturated rings. The average molecular weight is 441 g/mol. The van der Waals surface area contributed by atoms with Crippen LogP contribution in [0.1, 0.15) is 22.3 Å². The van der Waals surface area contributed by atoms with E-state index in [1.165, 1.54) is 18.2 Å². The maximum Gasteiger partial charge on any atom is 0.242 e. The molecule has 1 atom stereocenters. The number of aryl methyl sites for hydroxylation is 3. The lowest BCUT2D eigenvalue weighted by atomic mass is 10.1. The van der Waals surface area contributed by atoms with E-state index in [0.717, 1.165) is 11.1 Å². The highest BCUT2D eigenvalue weighted by molar-refractivity contribution is 7.89. The highest BCUT2D eigenvalue weighted by Crippen LogP contribution is 2.23. The summed E-state index contributed by atoms with van der Waals surface area (Å²) in [5.74, 6) is -1.23. The first-order chi connectivity index (χ1) is 14.7. The van der Waals surface area contributed by atoms with Crippen LogP contribution in [0.2, 0.25) is 0 Å². The number of para-hydroxylation sites is 1. The van der Waals surface area contributed by atoms with Gasteiger partial charge in [0, 0.05) is 0 Å². The first-order valence-corrected chi connectivity index (χ1v) is 11.3. The second kappa shape index (κ2) is 9.41. The molecule has 3 aromatic carbocycles. The summed E-state index contributed by atoms with van der Waals surface area (Å²) in [4.78, 5) is 13.1. The van der Waals surface area contributed by atoms with Crippen molar-refractivity contribution in [3.8, 4) is 0 Å². The van der Waals surface area contributed by atoms with Crippen LogP contribution in [0.5, 0.6) is 0 Å². The molecule has 31 heavy (non-hydrogen) atoms. The fourth-order valence-corrected chi connectivity index (χ4v) is 5.31. The predicted octanol–water partition coefficient (Wildman–Crippen LogP) is 4.28. The Balaban J connectivity index is 1.94. The number of halogens is 1. The Morgan fingerprint density at radius 1 is 0.935 bits per heavy atom. The van der Waals surface area contributed by atoms with Crippen molar-refractivity contribution in [1.29, 1.82) is 0 Å². The quantitative estimate of drug-likeness (QED) is 0.576. The van der Waals surface area contributed by atoms with Crippen molar-refractivity contribution in [3.05, 3.63) is 94.8 Å². The smallest absolute Gasteiger partial charge is 0.242 e. The maximum atomic E-state index is 14.0. The highest BCUT2D eigenvalue weighted by atomic mass is 32.2. The standard InChI is InChI=1S/C24H25FN2O3S/c1-16-13-17(2)23(18(3)14-16)31(29,30)27-22(15-19-9-5-4-6-10-19)24(28)26-21-12-8-7-11-20(21)25/h4-14,22,27H,15H2,1-3H3,(H,26,28)/t22-/m0/s1. The molecule has 0 spiro atoms. The van der Waals surface area contributed by atoms with Gasteiger partial charge in [-0.25, -0.2) is 12.8 Å². The average Bonchev–Trinajstić information content (AvgIpc) is 2.68. The van der Waals surface area contributed by atoms with Crippen molar-refractivity contribution in [2.24, 2.45) is 0 Å². The zero-order valence-electron chi connectivity index (χ0n) is 17.6. The number of sulfonamides is 1. The lowest BCUT2D eigenvalue weighted by molar-refractivity contribution is -0.117. The number of anilines is 1. The van der Waals surface area contributed by atoms with Gasteiger partial charge in [0.15, 0.2) is 0 Å². The third-order valence-electron chi connectivity index (χ3n) is 4.90. The normalized spacial score (nSPS) is 12.4. The van der Waals surface area contributed by atoms with Gasteiger partial charge in [-0.1, -0.05) is 60.2 Å². The summed E-state index contributed by atoms with van der Waals surface area (Å²) in [7, 11) is -4.01. The summed E-state index contributed by atoms with van der Waals surface area (Å²) in [6.45, 7) is 5.34. The fourth-order valence-electron chi connectivity index (χ4n) is 3.66. The number of hydrogen-bond donors (Lipinski definition) is 2. The fraction of sp³-hybridized carbons (Fsp3) is 0.208. The summed E-state index contributed by atoms with van der Waals surface area (Å²) in [6.07, 6.45) is 0.115. The Hall–Kier alpha value is -3.03. The molecular weight excluding hydrogens is 415 g/mol. The van der Waals surface area contributed by atoms with E-state index in [2.05, 4.69) is 10.0 Å². The topological polar surface area (TPSA) is 75.3 Å². The number of amides is 1. The number of rotatable bonds is 7. The number of carbonyl (C=O) groups is 1.